The maximum atomic E-state index is 13.8. The smallest absolute Gasteiger partial charge is 0.417 e. The highest BCUT2D eigenvalue weighted by Crippen LogP contribution is 2.39. The topological polar surface area (TPSA) is 59.9 Å². The number of fused-ring (bicyclic) bond motifs is 1. The lowest BCUT2D eigenvalue weighted by Gasteiger charge is -2.10. The zero-order valence-electron chi connectivity index (χ0n) is 15.5. The Morgan fingerprint density at radius 3 is 2.38 bits per heavy atom. The Labute approximate surface area is 163 Å². The Balaban J connectivity index is 2.12. The number of nitrogens with zero attached hydrogens (tertiary/aromatic N) is 2. The molecule has 4 rings (SSSR count). The summed E-state index contributed by atoms with van der Waals surface area (Å²) in [7, 11) is 1.50. The highest BCUT2D eigenvalue weighted by Gasteiger charge is 2.36. The predicted molar refractivity (Wildman–Crippen MR) is 103 cm³/mol. The number of methoxy groups -OCH3 is 1. The van der Waals surface area contributed by atoms with Crippen LogP contribution < -0.4 is 10.3 Å². The molecule has 0 radical (unpaired) electrons. The molecule has 0 atom stereocenters. The van der Waals surface area contributed by atoms with Gasteiger partial charge in [-0.05, 0) is 42.8 Å². The lowest BCUT2D eigenvalue weighted by atomic mass is 10.0. The molecular weight excluding hydrogens is 383 g/mol. The normalized spacial score (nSPS) is 11.8. The molecule has 0 amide bonds. The number of ether oxygens (including phenoxy) is 1. The van der Waals surface area contributed by atoms with E-state index in [1.54, 1.807) is 36.4 Å². The molecule has 0 aliphatic heterocycles. The molecule has 29 heavy (non-hydrogen) atoms. The molecule has 148 valence electrons. The van der Waals surface area contributed by atoms with Crippen molar-refractivity contribution >= 4 is 11.0 Å². The molecule has 5 nitrogen and oxygen atoms in total. The van der Waals surface area contributed by atoms with Gasteiger partial charge in [0.1, 0.15) is 17.1 Å². The van der Waals surface area contributed by atoms with Crippen LogP contribution in [0.4, 0.5) is 13.2 Å². The van der Waals surface area contributed by atoms with Gasteiger partial charge < -0.3 is 9.72 Å². The Morgan fingerprint density at radius 2 is 1.76 bits per heavy atom. The fourth-order valence-electron chi connectivity index (χ4n) is 3.29. The molecular formula is C21H16F3N3O2. The van der Waals surface area contributed by atoms with Gasteiger partial charge in [0.2, 0.25) is 5.56 Å². The fourth-order valence-corrected chi connectivity index (χ4v) is 3.29. The third-order valence-corrected chi connectivity index (χ3v) is 4.68. The summed E-state index contributed by atoms with van der Waals surface area (Å²) in [5.41, 5.74) is 0.0894. The van der Waals surface area contributed by atoms with Crippen molar-refractivity contribution in [2.45, 2.75) is 13.1 Å². The summed E-state index contributed by atoms with van der Waals surface area (Å²) in [6.07, 6.45) is -4.71. The molecule has 2 aromatic carbocycles. The van der Waals surface area contributed by atoms with E-state index >= 15 is 0 Å². The minimum atomic E-state index is -4.71. The largest absolute Gasteiger partial charge is 0.497 e. The molecule has 0 bridgehead atoms. The second kappa shape index (κ2) is 6.80. The van der Waals surface area contributed by atoms with Crippen molar-refractivity contribution in [3.05, 3.63) is 76.1 Å². The van der Waals surface area contributed by atoms with E-state index in [2.05, 4.69) is 10.1 Å². The number of hydrogen-bond donors (Lipinski definition) is 1. The van der Waals surface area contributed by atoms with Crippen LogP contribution in [0.2, 0.25) is 0 Å². The van der Waals surface area contributed by atoms with Gasteiger partial charge in [-0.2, -0.15) is 18.3 Å². The lowest BCUT2D eigenvalue weighted by Crippen LogP contribution is -2.14. The number of hydrogen-bond acceptors (Lipinski definition) is 3. The van der Waals surface area contributed by atoms with Gasteiger partial charge in [-0.25, -0.2) is 4.68 Å². The Morgan fingerprint density at radius 1 is 1.07 bits per heavy atom. The second-order valence-electron chi connectivity index (χ2n) is 6.54. The third kappa shape index (κ3) is 3.26. The molecule has 0 saturated carbocycles. The van der Waals surface area contributed by atoms with Crippen molar-refractivity contribution < 1.29 is 17.9 Å². The van der Waals surface area contributed by atoms with Gasteiger partial charge in [0.05, 0.1) is 23.7 Å². The van der Waals surface area contributed by atoms with Gasteiger partial charge in [-0.15, -0.1) is 0 Å². The van der Waals surface area contributed by atoms with Gasteiger partial charge in [0, 0.05) is 11.6 Å². The van der Waals surface area contributed by atoms with Crippen molar-refractivity contribution in [2.75, 3.05) is 7.11 Å². The molecule has 1 N–H and O–H groups in total. The lowest BCUT2D eigenvalue weighted by molar-refractivity contribution is -0.136. The van der Waals surface area contributed by atoms with Crippen LogP contribution in [-0.4, -0.2) is 21.9 Å². The number of benzene rings is 2. The van der Waals surface area contributed by atoms with E-state index in [-0.39, 0.29) is 16.7 Å². The highest BCUT2D eigenvalue weighted by molar-refractivity contribution is 5.95. The second-order valence-corrected chi connectivity index (χ2v) is 6.54. The van der Waals surface area contributed by atoms with Crippen molar-refractivity contribution in [1.82, 2.24) is 14.8 Å². The summed E-state index contributed by atoms with van der Waals surface area (Å²) in [6.45, 7) is 1.82. The van der Waals surface area contributed by atoms with Crippen LogP contribution in [0.15, 0.2) is 59.4 Å². The van der Waals surface area contributed by atoms with Gasteiger partial charge in [0.15, 0.2) is 0 Å². The third-order valence-electron chi connectivity index (χ3n) is 4.68. The van der Waals surface area contributed by atoms with Crippen LogP contribution in [0.25, 0.3) is 28.0 Å². The van der Waals surface area contributed by atoms with E-state index in [0.717, 1.165) is 5.56 Å². The van der Waals surface area contributed by atoms with Crippen LogP contribution in [-0.2, 0) is 6.18 Å². The number of alkyl halides is 3. The highest BCUT2D eigenvalue weighted by atomic mass is 19.4. The van der Waals surface area contributed by atoms with Crippen LogP contribution in [0, 0.1) is 6.92 Å². The average Bonchev–Trinajstić information content (AvgIpc) is 3.06. The van der Waals surface area contributed by atoms with E-state index in [0.29, 0.717) is 23.1 Å². The van der Waals surface area contributed by atoms with Gasteiger partial charge in [-0.1, -0.05) is 18.2 Å². The number of aryl methyl sites for hydroxylation is 1. The number of rotatable bonds is 3. The first kappa shape index (κ1) is 18.8. The van der Waals surface area contributed by atoms with E-state index < -0.39 is 17.3 Å². The average molecular weight is 399 g/mol. The zero-order valence-corrected chi connectivity index (χ0v) is 15.5. The summed E-state index contributed by atoms with van der Waals surface area (Å²) in [6, 6.07) is 14.3. The van der Waals surface area contributed by atoms with E-state index in [9.17, 15) is 18.0 Å². The Kier molecular flexibility index (Phi) is 4.41. The Hall–Kier alpha value is -3.55. The number of H-pyrrole nitrogens is 1. The molecule has 0 aliphatic rings. The molecule has 0 fully saturated rings. The van der Waals surface area contributed by atoms with Crippen LogP contribution >= 0.6 is 0 Å². The Bertz CT molecular complexity index is 1260. The van der Waals surface area contributed by atoms with Gasteiger partial charge in [-0.3, -0.25) is 4.79 Å². The SMILES string of the molecule is COc1ccc(-c2nn(-c3ccccc3C)c3[nH]c(=O)cc(C(F)(F)F)c23)cc1. The summed E-state index contributed by atoms with van der Waals surface area (Å²) in [4.78, 5) is 14.6. The molecule has 0 saturated heterocycles. The summed E-state index contributed by atoms with van der Waals surface area (Å²) in [5, 5.41) is 4.31. The van der Waals surface area contributed by atoms with Crippen LogP contribution in [0.5, 0.6) is 5.75 Å². The quantitative estimate of drug-likeness (QED) is 0.543. The maximum Gasteiger partial charge on any atom is 0.417 e. The van der Waals surface area contributed by atoms with Crippen molar-refractivity contribution in [3.63, 3.8) is 0 Å². The minimum absolute atomic E-state index is 0.00931. The monoisotopic (exact) mass is 399 g/mol. The number of aromatic nitrogens is 3. The van der Waals surface area contributed by atoms with Gasteiger partial charge in [0.25, 0.3) is 0 Å². The number of para-hydroxylation sites is 1. The number of aromatic amines is 1. The summed E-state index contributed by atoms with van der Waals surface area (Å²) >= 11 is 0. The number of halogens is 3. The van der Waals surface area contributed by atoms with Crippen LogP contribution in [0.3, 0.4) is 0 Å². The first-order valence-electron chi connectivity index (χ1n) is 8.73. The first-order chi connectivity index (χ1) is 13.8. The molecule has 2 aromatic heterocycles. The van der Waals surface area contributed by atoms with Gasteiger partial charge >= 0.3 is 6.18 Å². The van der Waals surface area contributed by atoms with E-state index in [1.165, 1.54) is 11.8 Å². The summed E-state index contributed by atoms with van der Waals surface area (Å²) in [5.74, 6) is 0.570. The van der Waals surface area contributed by atoms with E-state index in [4.69, 9.17) is 4.74 Å². The van der Waals surface area contributed by atoms with Crippen molar-refractivity contribution in [1.29, 1.82) is 0 Å². The predicted octanol–water partition coefficient (Wildman–Crippen LogP) is 4.72. The molecule has 2 heterocycles. The maximum absolute atomic E-state index is 13.8. The van der Waals surface area contributed by atoms with Crippen molar-refractivity contribution in [2.24, 2.45) is 0 Å². The standard InChI is InChI=1S/C21H16F3N3O2/c1-12-5-3-4-6-16(12)27-20-18(15(21(22,23)24)11-17(28)25-20)19(26-27)13-7-9-14(29-2)10-8-13/h3-11H,1-2H3,(H,25,28). The van der Waals surface area contributed by atoms with Crippen molar-refractivity contribution in [3.8, 4) is 22.7 Å². The van der Waals surface area contributed by atoms with E-state index in [1.807, 2.05) is 19.1 Å². The first-order valence-corrected chi connectivity index (χ1v) is 8.73. The minimum Gasteiger partial charge on any atom is -0.497 e. The number of nitrogens with one attached hydrogen (secondary N) is 1. The molecule has 0 unspecified atom stereocenters. The fraction of sp³-hybridized carbons (Fsp3) is 0.143. The molecule has 8 heteroatoms. The number of pyridine rings is 1. The molecule has 4 aromatic rings. The molecule has 0 aliphatic carbocycles. The summed E-state index contributed by atoms with van der Waals surface area (Å²) < 4.78 is 47.9. The zero-order chi connectivity index (χ0) is 20.8. The van der Waals surface area contributed by atoms with Crippen LogP contribution in [0.1, 0.15) is 11.1 Å². The molecule has 0 spiro atoms.